The lowest BCUT2D eigenvalue weighted by Gasteiger charge is -2.45. The Bertz CT molecular complexity index is 373. The van der Waals surface area contributed by atoms with Crippen molar-refractivity contribution in [3.05, 3.63) is 16.6 Å². The third-order valence-electron chi connectivity index (χ3n) is 4.63. The molecule has 2 fully saturated rings. The fourth-order valence-electron chi connectivity index (χ4n) is 3.59. The Morgan fingerprint density at radius 2 is 2.12 bits per heavy atom. The molecule has 1 atom stereocenters. The van der Waals surface area contributed by atoms with Gasteiger partial charge in [-0.25, -0.2) is 0 Å². The predicted octanol–water partition coefficient (Wildman–Crippen LogP) is 2.40. The monoisotopic (exact) mass is 253 g/mol. The summed E-state index contributed by atoms with van der Waals surface area (Å²) in [4.78, 5) is 5.32. The lowest BCUT2D eigenvalue weighted by molar-refractivity contribution is -0.112. The predicted molar refractivity (Wildman–Crippen MR) is 67.1 cm³/mol. The maximum Gasteiger partial charge on any atom is 0.0794 e. The highest BCUT2D eigenvalue weighted by Gasteiger charge is 2.53. The molecule has 3 nitrogen and oxygen atoms in total. The molecule has 2 aliphatic rings. The van der Waals surface area contributed by atoms with Crippen LogP contribution in [0.5, 0.6) is 0 Å². The Morgan fingerprint density at radius 3 is 2.82 bits per heavy atom. The molecule has 1 aromatic rings. The van der Waals surface area contributed by atoms with E-state index in [0.717, 1.165) is 51.7 Å². The molecular formula is C13H19NO2S. The molecule has 1 spiro atoms. The van der Waals surface area contributed by atoms with Crippen LogP contribution in [0, 0.1) is 5.41 Å². The van der Waals surface area contributed by atoms with Gasteiger partial charge in [0.2, 0.25) is 0 Å². The molecular weight excluding hydrogens is 234 g/mol. The highest BCUT2D eigenvalue weighted by molar-refractivity contribution is 7.09. The van der Waals surface area contributed by atoms with E-state index >= 15 is 0 Å². The van der Waals surface area contributed by atoms with Crippen molar-refractivity contribution in [1.82, 2.24) is 4.98 Å². The second-order valence-electron chi connectivity index (χ2n) is 5.42. The molecule has 94 valence electrons. The van der Waals surface area contributed by atoms with E-state index < -0.39 is 5.60 Å². The first-order valence-corrected chi connectivity index (χ1v) is 7.30. The molecule has 1 saturated carbocycles. The molecule has 2 heterocycles. The van der Waals surface area contributed by atoms with Gasteiger partial charge in [-0.2, -0.15) is 0 Å². The average Bonchev–Trinajstić information content (AvgIpc) is 2.91. The van der Waals surface area contributed by atoms with Crippen LogP contribution in [0.3, 0.4) is 0 Å². The van der Waals surface area contributed by atoms with Crippen LogP contribution in [0.1, 0.15) is 37.0 Å². The third kappa shape index (κ3) is 1.92. The lowest BCUT2D eigenvalue weighted by atomic mass is 9.67. The van der Waals surface area contributed by atoms with Crippen LogP contribution in [0.25, 0.3) is 0 Å². The van der Waals surface area contributed by atoms with Gasteiger partial charge in [0.25, 0.3) is 0 Å². The average molecular weight is 253 g/mol. The van der Waals surface area contributed by atoms with Crippen molar-refractivity contribution in [1.29, 1.82) is 0 Å². The van der Waals surface area contributed by atoms with E-state index in [0.29, 0.717) is 0 Å². The molecule has 1 N–H and O–H groups in total. The normalized spacial score (nSPS) is 32.1. The van der Waals surface area contributed by atoms with Crippen molar-refractivity contribution >= 4 is 11.3 Å². The Labute approximate surface area is 106 Å². The molecule has 1 aliphatic carbocycles. The quantitative estimate of drug-likeness (QED) is 0.880. The van der Waals surface area contributed by atoms with E-state index in [1.807, 2.05) is 11.7 Å². The standard InChI is InChI=1S/C13H19NO2S/c15-13(8-11-9-14-10-17-11)3-1-2-12(13)4-6-16-7-5-12/h9-10,15H,1-8H2. The second kappa shape index (κ2) is 4.34. The van der Waals surface area contributed by atoms with Crippen molar-refractivity contribution in [3.8, 4) is 0 Å². The van der Waals surface area contributed by atoms with Gasteiger partial charge in [-0.15, -0.1) is 11.3 Å². The Hall–Kier alpha value is -0.450. The SMILES string of the molecule is OC1(Cc2cncs2)CCCC12CCOCC2. The van der Waals surface area contributed by atoms with E-state index in [-0.39, 0.29) is 5.41 Å². The first kappa shape index (κ1) is 11.6. The molecule has 17 heavy (non-hydrogen) atoms. The lowest BCUT2D eigenvalue weighted by Crippen LogP contribution is -2.48. The van der Waals surface area contributed by atoms with E-state index in [1.165, 1.54) is 4.88 Å². The largest absolute Gasteiger partial charge is 0.389 e. The van der Waals surface area contributed by atoms with Crippen molar-refractivity contribution in [3.63, 3.8) is 0 Å². The molecule has 3 rings (SSSR count). The molecule has 0 aromatic carbocycles. The zero-order valence-electron chi connectivity index (χ0n) is 10.0. The molecule has 1 saturated heterocycles. The van der Waals surface area contributed by atoms with Crippen molar-refractivity contribution in [2.45, 2.75) is 44.1 Å². The van der Waals surface area contributed by atoms with Gasteiger partial charge in [-0.3, -0.25) is 4.98 Å². The van der Waals surface area contributed by atoms with Gasteiger partial charge in [0.15, 0.2) is 0 Å². The smallest absolute Gasteiger partial charge is 0.0794 e. The minimum atomic E-state index is -0.524. The van der Waals surface area contributed by atoms with Gasteiger partial charge in [0.1, 0.15) is 0 Å². The fourth-order valence-corrected chi connectivity index (χ4v) is 4.29. The van der Waals surface area contributed by atoms with Gasteiger partial charge < -0.3 is 9.84 Å². The van der Waals surface area contributed by atoms with Crippen LogP contribution in [0.2, 0.25) is 0 Å². The number of rotatable bonds is 2. The summed E-state index contributed by atoms with van der Waals surface area (Å²) in [5.74, 6) is 0. The summed E-state index contributed by atoms with van der Waals surface area (Å²) in [6.45, 7) is 1.62. The summed E-state index contributed by atoms with van der Waals surface area (Å²) in [5.41, 5.74) is 1.43. The number of aromatic nitrogens is 1. The zero-order chi connectivity index (χ0) is 11.8. The van der Waals surface area contributed by atoms with E-state index in [1.54, 1.807) is 11.3 Å². The molecule has 4 heteroatoms. The number of thiazole rings is 1. The van der Waals surface area contributed by atoms with Gasteiger partial charge >= 0.3 is 0 Å². The van der Waals surface area contributed by atoms with Crippen molar-refractivity contribution in [2.75, 3.05) is 13.2 Å². The Kier molecular flexibility index (Phi) is 2.97. The minimum Gasteiger partial charge on any atom is -0.389 e. The van der Waals surface area contributed by atoms with Gasteiger partial charge in [-0.05, 0) is 32.1 Å². The molecule has 0 radical (unpaired) electrons. The van der Waals surface area contributed by atoms with Gasteiger partial charge in [0.05, 0.1) is 11.1 Å². The van der Waals surface area contributed by atoms with Crippen LogP contribution in [-0.4, -0.2) is 28.9 Å². The number of ether oxygens (including phenoxy) is 1. The van der Waals surface area contributed by atoms with Crippen LogP contribution < -0.4 is 0 Å². The topological polar surface area (TPSA) is 42.4 Å². The molecule has 1 aromatic heterocycles. The van der Waals surface area contributed by atoms with E-state index in [9.17, 15) is 5.11 Å². The van der Waals surface area contributed by atoms with E-state index in [4.69, 9.17) is 4.74 Å². The maximum atomic E-state index is 11.1. The second-order valence-corrected chi connectivity index (χ2v) is 6.39. The van der Waals surface area contributed by atoms with Crippen molar-refractivity contribution in [2.24, 2.45) is 5.41 Å². The van der Waals surface area contributed by atoms with Crippen LogP contribution in [-0.2, 0) is 11.2 Å². The summed E-state index contributed by atoms with van der Waals surface area (Å²) >= 11 is 1.65. The molecule has 0 bridgehead atoms. The minimum absolute atomic E-state index is 0.106. The number of nitrogens with zero attached hydrogens (tertiary/aromatic N) is 1. The summed E-state index contributed by atoms with van der Waals surface area (Å²) in [6, 6.07) is 0. The van der Waals surface area contributed by atoms with E-state index in [2.05, 4.69) is 4.98 Å². The van der Waals surface area contributed by atoms with Crippen molar-refractivity contribution < 1.29 is 9.84 Å². The zero-order valence-corrected chi connectivity index (χ0v) is 10.8. The van der Waals surface area contributed by atoms with Crippen LogP contribution in [0.15, 0.2) is 11.7 Å². The number of hydrogen-bond acceptors (Lipinski definition) is 4. The summed E-state index contributed by atoms with van der Waals surface area (Å²) in [7, 11) is 0. The summed E-state index contributed by atoms with van der Waals surface area (Å²) in [5, 5.41) is 11.1. The molecule has 0 amide bonds. The van der Waals surface area contributed by atoms with Crippen LogP contribution in [0.4, 0.5) is 0 Å². The summed E-state index contributed by atoms with van der Waals surface area (Å²) in [6.07, 6.45) is 7.95. The number of hydrogen-bond donors (Lipinski definition) is 1. The Morgan fingerprint density at radius 1 is 1.29 bits per heavy atom. The highest BCUT2D eigenvalue weighted by Crippen LogP contribution is 2.54. The van der Waals surface area contributed by atoms with Gasteiger partial charge in [-0.1, -0.05) is 0 Å². The first-order valence-electron chi connectivity index (χ1n) is 6.42. The fraction of sp³-hybridized carbons (Fsp3) is 0.769. The number of aliphatic hydroxyl groups is 1. The van der Waals surface area contributed by atoms with Crippen LogP contribution >= 0.6 is 11.3 Å². The third-order valence-corrected chi connectivity index (χ3v) is 5.41. The molecule has 1 unspecified atom stereocenters. The summed E-state index contributed by atoms with van der Waals surface area (Å²) < 4.78 is 5.46. The first-order chi connectivity index (χ1) is 8.24. The Balaban J connectivity index is 1.83. The highest BCUT2D eigenvalue weighted by atomic mass is 32.1. The molecule has 1 aliphatic heterocycles. The maximum absolute atomic E-state index is 11.1. The van der Waals surface area contributed by atoms with Gasteiger partial charge in [0, 0.05) is 36.1 Å².